The Morgan fingerprint density at radius 2 is 2.36 bits per heavy atom. The molecule has 0 aliphatic rings. The van der Waals surface area contributed by atoms with Gasteiger partial charge in [-0.3, -0.25) is 5.32 Å². The smallest absolute Gasteiger partial charge is 0.209 e. The number of nitrogens with one attached hydrogen (secondary N) is 1. The maximum atomic E-state index is 9.60. The SMILES string of the molecule is [CH2]CCCNCN=N[N+](=O)[O-]. The van der Waals surface area contributed by atoms with Crippen molar-refractivity contribution in [2.45, 2.75) is 12.8 Å². The zero-order valence-corrected chi connectivity index (χ0v) is 6.19. The molecule has 6 heteroatoms. The van der Waals surface area contributed by atoms with Gasteiger partial charge < -0.3 is 10.1 Å². The summed E-state index contributed by atoms with van der Waals surface area (Å²) in [6.07, 6.45) is 1.79. The van der Waals surface area contributed by atoms with Gasteiger partial charge in [-0.25, -0.2) is 0 Å². The molecule has 0 aliphatic heterocycles. The van der Waals surface area contributed by atoms with Gasteiger partial charge in [-0.1, -0.05) is 13.3 Å². The predicted molar refractivity (Wildman–Crippen MR) is 39.3 cm³/mol. The topological polar surface area (TPSA) is 79.9 Å². The molecule has 0 aliphatic carbocycles. The van der Waals surface area contributed by atoms with Crippen LogP contribution in [0.3, 0.4) is 0 Å². The lowest BCUT2D eigenvalue weighted by atomic mass is 10.3. The third kappa shape index (κ3) is 8.96. The molecule has 63 valence electrons. The van der Waals surface area contributed by atoms with E-state index in [9.17, 15) is 10.1 Å². The van der Waals surface area contributed by atoms with E-state index in [1.807, 2.05) is 0 Å². The van der Waals surface area contributed by atoms with Crippen LogP contribution in [0.1, 0.15) is 12.8 Å². The second-order valence-electron chi connectivity index (χ2n) is 1.83. The van der Waals surface area contributed by atoms with Crippen molar-refractivity contribution in [3.63, 3.8) is 0 Å². The maximum Gasteiger partial charge on any atom is 0.209 e. The van der Waals surface area contributed by atoms with Gasteiger partial charge in [0.05, 0.1) is 10.1 Å². The molecule has 0 aromatic carbocycles. The molecule has 1 radical (unpaired) electrons. The first-order valence-electron chi connectivity index (χ1n) is 3.29. The summed E-state index contributed by atoms with van der Waals surface area (Å²) in [6.45, 7) is 4.59. The Labute approximate surface area is 64.8 Å². The van der Waals surface area contributed by atoms with E-state index < -0.39 is 5.03 Å². The third-order valence-corrected chi connectivity index (χ3v) is 0.922. The van der Waals surface area contributed by atoms with Crippen molar-refractivity contribution in [1.82, 2.24) is 5.32 Å². The van der Waals surface area contributed by atoms with Crippen LogP contribution in [0.15, 0.2) is 10.3 Å². The van der Waals surface area contributed by atoms with Crippen molar-refractivity contribution < 1.29 is 5.03 Å². The van der Waals surface area contributed by atoms with Crippen LogP contribution in [0, 0.1) is 17.0 Å². The van der Waals surface area contributed by atoms with Gasteiger partial charge in [0.2, 0.25) is 6.67 Å². The number of nitro groups is 1. The van der Waals surface area contributed by atoms with Crippen LogP contribution in [-0.2, 0) is 0 Å². The molecular weight excluding hydrogens is 148 g/mol. The van der Waals surface area contributed by atoms with Crippen molar-refractivity contribution in [3.8, 4) is 0 Å². The predicted octanol–water partition coefficient (Wildman–Crippen LogP) is 0.792. The van der Waals surface area contributed by atoms with Crippen LogP contribution in [0.25, 0.3) is 0 Å². The highest BCUT2D eigenvalue weighted by Crippen LogP contribution is 1.81. The highest BCUT2D eigenvalue weighted by atomic mass is 16.7. The van der Waals surface area contributed by atoms with Gasteiger partial charge in [-0.15, -0.1) is 0 Å². The Bertz CT molecular complexity index is 136. The van der Waals surface area contributed by atoms with E-state index in [-0.39, 0.29) is 6.67 Å². The van der Waals surface area contributed by atoms with Crippen molar-refractivity contribution in [1.29, 1.82) is 0 Å². The summed E-state index contributed by atoms with van der Waals surface area (Å²) >= 11 is 0. The number of unbranched alkanes of at least 4 members (excludes halogenated alkanes) is 1. The molecule has 0 aromatic heterocycles. The van der Waals surface area contributed by atoms with Crippen LogP contribution < -0.4 is 5.32 Å². The molecule has 0 rings (SSSR count). The summed E-state index contributed by atoms with van der Waals surface area (Å²) < 4.78 is 0. The van der Waals surface area contributed by atoms with Crippen LogP contribution in [0.2, 0.25) is 0 Å². The Kier molecular flexibility index (Phi) is 6.40. The number of nitrogens with zero attached hydrogens (tertiary/aromatic N) is 3. The molecule has 0 amide bonds. The largest absolute Gasteiger partial charge is 0.337 e. The van der Waals surface area contributed by atoms with Crippen molar-refractivity contribution >= 4 is 0 Å². The average molecular weight is 159 g/mol. The molecule has 6 nitrogen and oxygen atoms in total. The summed E-state index contributed by atoms with van der Waals surface area (Å²) in [5.41, 5.74) is 0. The monoisotopic (exact) mass is 159 g/mol. The Hall–Kier alpha value is -1.04. The minimum absolute atomic E-state index is 0.195. The molecule has 0 saturated carbocycles. The summed E-state index contributed by atoms with van der Waals surface area (Å²) in [7, 11) is 0. The van der Waals surface area contributed by atoms with Crippen molar-refractivity contribution in [3.05, 3.63) is 17.0 Å². The third-order valence-electron chi connectivity index (χ3n) is 0.922. The van der Waals surface area contributed by atoms with Crippen LogP contribution in [-0.4, -0.2) is 18.2 Å². The molecule has 0 spiro atoms. The van der Waals surface area contributed by atoms with Crippen LogP contribution in [0.4, 0.5) is 0 Å². The Balaban J connectivity index is 3.07. The molecule has 0 aromatic rings. The zero-order valence-electron chi connectivity index (χ0n) is 6.19. The van der Waals surface area contributed by atoms with Gasteiger partial charge in [0.25, 0.3) is 0 Å². The molecule has 0 heterocycles. The van der Waals surface area contributed by atoms with Gasteiger partial charge >= 0.3 is 0 Å². The second-order valence-corrected chi connectivity index (χ2v) is 1.83. The van der Waals surface area contributed by atoms with Crippen LogP contribution in [0.5, 0.6) is 0 Å². The van der Waals surface area contributed by atoms with E-state index in [1.165, 1.54) is 0 Å². The van der Waals surface area contributed by atoms with E-state index in [0.29, 0.717) is 0 Å². The van der Waals surface area contributed by atoms with E-state index in [2.05, 4.69) is 22.6 Å². The fourth-order valence-corrected chi connectivity index (χ4v) is 0.462. The number of hydrogen-bond acceptors (Lipinski definition) is 4. The number of rotatable bonds is 6. The standard InChI is InChI=1S/C5H11N4O2/c1-2-3-4-6-5-7-8-9(10)11/h6H,1-5H2. The van der Waals surface area contributed by atoms with Crippen molar-refractivity contribution in [2.75, 3.05) is 13.2 Å². The second kappa shape index (κ2) is 7.07. The molecule has 0 bridgehead atoms. The molecule has 1 N–H and O–H groups in total. The summed E-state index contributed by atoms with van der Waals surface area (Å²) in [4.78, 5) is 9.60. The van der Waals surface area contributed by atoms with E-state index >= 15 is 0 Å². The minimum atomic E-state index is -0.830. The van der Waals surface area contributed by atoms with Gasteiger partial charge in [0.1, 0.15) is 0 Å². The number of hydrogen-bond donors (Lipinski definition) is 1. The first-order valence-corrected chi connectivity index (χ1v) is 3.29. The first kappa shape index (κ1) is 9.96. The zero-order chi connectivity index (χ0) is 8.53. The van der Waals surface area contributed by atoms with E-state index in [4.69, 9.17) is 0 Å². The van der Waals surface area contributed by atoms with E-state index in [1.54, 1.807) is 0 Å². The van der Waals surface area contributed by atoms with E-state index in [0.717, 1.165) is 19.4 Å². The average Bonchev–Trinajstić information content (AvgIpc) is 1.96. The van der Waals surface area contributed by atoms with Gasteiger partial charge in [0.15, 0.2) is 5.22 Å². The summed E-state index contributed by atoms with van der Waals surface area (Å²) in [5.74, 6) is 0. The minimum Gasteiger partial charge on any atom is -0.337 e. The van der Waals surface area contributed by atoms with Gasteiger partial charge in [-0.05, 0) is 13.0 Å². The lowest BCUT2D eigenvalue weighted by Gasteiger charge is -1.92. The lowest BCUT2D eigenvalue weighted by Crippen LogP contribution is -2.14. The molecule has 0 atom stereocenters. The van der Waals surface area contributed by atoms with Gasteiger partial charge in [-0.2, -0.15) is 0 Å². The molecular formula is C5H11N4O2. The Morgan fingerprint density at radius 3 is 2.91 bits per heavy atom. The summed E-state index contributed by atoms with van der Waals surface area (Å²) in [5, 5.41) is 17.5. The molecule has 0 fully saturated rings. The van der Waals surface area contributed by atoms with Crippen molar-refractivity contribution in [2.24, 2.45) is 10.3 Å². The first-order chi connectivity index (χ1) is 5.27. The molecule has 11 heavy (non-hydrogen) atoms. The summed E-state index contributed by atoms with van der Waals surface area (Å²) in [6, 6.07) is 0. The van der Waals surface area contributed by atoms with Gasteiger partial charge in [0, 0.05) is 0 Å². The highest BCUT2D eigenvalue weighted by molar-refractivity contribution is 4.45. The molecule has 0 unspecified atom stereocenters. The Morgan fingerprint density at radius 1 is 1.64 bits per heavy atom. The van der Waals surface area contributed by atoms with Crippen LogP contribution >= 0.6 is 0 Å². The maximum absolute atomic E-state index is 9.60. The molecule has 0 saturated heterocycles. The quantitative estimate of drug-likeness (QED) is 0.269. The fourth-order valence-electron chi connectivity index (χ4n) is 0.462. The normalized spacial score (nSPS) is 10.6. The lowest BCUT2D eigenvalue weighted by molar-refractivity contribution is -0.494. The highest BCUT2D eigenvalue weighted by Gasteiger charge is 1.88. The fraction of sp³-hybridized carbons (Fsp3) is 0.800.